The van der Waals surface area contributed by atoms with Gasteiger partial charge in [-0.15, -0.1) is 0 Å². The number of likely N-dealkylation sites (tertiary alicyclic amines) is 1. The number of hydrogen-bond acceptors (Lipinski definition) is 4. The third kappa shape index (κ3) is 3.62. The number of halogens is 1. The van der Waals surface area contributed by atoms with Crippen molar-refractivity contribution >= 4 is 33.7 Å². The molecule has 3 aliphatic rings. The van der Waals surface area contributed by atoms with Crippen LogP contribution in [-0.4, -0.2) is 48.9 Å². The number of nitrogens with zero attached hydrogens (tertiary/aromatic N) is 2. The number of aliphatic imine (C=N–C) groups is 1. The zero-order valence-electron chi connectivity index (χ0n) is 15.9. The summed E-state index contributed by atoms with van der Waals surface area (Å²) in [6, 6.07) is 3.78. The second-order valence-corrected chi connectivity index (χ2v) is 8.25. The lowest BCUT2D eigenvalue weighted by Crippen LogP contribution is -2.43. The van der Waals surface area contributed by atoms with Crippen LogP contribution in [-0.2, 0) is 16.0 Å². The maximum atomic E-state index is 12.7. The number of hydrogen-bond donors (Lipinski definition) is 2. The molecule has 2 amide bonds. The lowest BCUT2D eigenvalue weighted by atomic mass is 9.85. The van der Waals surface area contributed by atoms with Gasteiger partial charge < -0.3 is 15.1 Å². The van der Waals surface area contributed by atoms with Crippen LogP contribution in [0.5, 0.6) is 0 Å². The number of carbonyl (C=O) groups is 2. The fourth-order valence-corrected chi connectivity index (χ4v) is 4.92. The third-order valence-electron chi connectivity index (χ3n) is 5.79. The van der Waals surface area contributed by atoms with E-state index >= 15 is 0 Å². The van der Waals surface area contributed by atoms with Gasteiger partial charge in [-0.1, -0.05) is 12.2 Å². The molecule has 1 aliphatic heterocycles. The largest absolute Gasteiger partial charge is 0.454 e. The van der Waals surface area contributed by atoms with E-state index in [0.717, 1.165) is 18.7 Å². The molecule has 8 heteroatoms. The molecule has 0 spiro atoms. The van der Waals surface area contributed by atoms with Crippen molar-refractivity contribution < 1.29 is 14.0 Å². The zero-order chi connectivity index (χ0) is 19.7. The van der Waals surface area contributed by atoms with Crippen molar-refractivity contribution in [2.75, 3.05) is 26.2 Å². The highest BCUT2D eigenvalue weighted by atomic mass is 79.9. The van der Waals surface area contributed by atoms with Gasteiger partial charge in [-0.05, 0) is 53.2 Å². The first-order valence-corrected chi connectivity index (χ1v) is 10.7. The van der Waals surface area contributed by atoms with E-state index in [1.165, 1.54) is 4.90 Å². The third-order valence-corrected chi connectivity index (χ3v) is 6.22. The number of furan rings is 1. The Bertz CT molecular complexity index is 788. The summed E-state index contributed by atoms with van der Waals surface area (Å²) < 4.78 is 6.19. The van der Waals surface area contributed by atoms with Crippen LogP contribution in [0.2, 0.25) is 0 Å². The molecule has 28 heavy (non-hydrogen) atoms. The fraction of sp³-hybridized carbons (Fsp3) is 0.550. The molecule has 1 saturated heterocycles. The summed E-state index contributed by atoms with van der Waals surface area (Å²) >= 11 is 3.29. The van der Waals surface area contributed by atoms with Crippen LogP contribution in [0.3, 0.4) is 0 Å². The second-order valence-electron chi connectivity index (χ2n) is 7.47. The molecular formula is C20H25BrN4O3. The van der Waals surface area contributed by atoms with E-state index in [2.05, 4.69) is 43.7 Å². The van der Waals surface area contributed by atoms with Crippen LogP contribution in [0, 0.1) is 23.7 Å². The summed E-state index contributed by atoms with van der Waals surface area (Å²) in [6.45, 7) is 4.17. The van der Waals surface area contributed by atoms with Gasteiger partial charge in [-0.3, -0.25) is 19.5 Å². The Balaban J connectivity index is 1.28. The first-order valence-electron chi connectivity index (χ1n) is 9.88. The van der Waals surface area contributed by atoms with Crippen LogP contribution >= 0.6 is 15.9 Å². The highest BCUT2D eigenvalue weighted by molar-refractivity contribution is 9.10. The molecule has 4 rings (SSSR count). The molecule has 7 nitrogen and oxygen atoms in total. The van der Waals surface area contributed by atoms with E-state index in [-0.39, 0.29) is 35.5 Å². The molecule has 2 aliphatic carbocycles. The maximum absolute atomic E-state index is 12.7. The second kappa shape index (κ2) is 8.11. The van der Waals surface area contributed by atoms with Gasteiger partial charge in [0.1, 0.15) is 5.76 Å². The normalized spacial score (nSPS) is 28.4. The Morgan fingerprint density at radius 1 is 1.21 bits per heavy atom. The quantitative estimate of drug-likeness (QED) is 0.288. The summed E-state index contributed by atoms with van der Waals surface area (Å²) in [4.78, 5) is 31.4. The van der Waals surface area contributed by atoms with E-state index in [4.69, 9.17) is 4.42 Å². The van der Waals surface area contributed by atoms with Crippen LogP contribution in [0.25, 0.3) is 0 Å². The number of allylic oxidation sites excluding steroid dienone is 2. The zero-order valence-corrected chi connectivity index (χ0v) is 17.4. The maximum Gasteiger partial charge on any atom is 0.233 e. The molecular weight excluding hydrogens is 424 g/mol. The van der Waals surface area contributed by atoms with Crippen molar-refractivity contribution in [2.45, 2.75) is 19.8 Å². The Morgan fingerprint density at radius 3 is 2.54 bits per heavy atom. The molecule has 0 radical (unpaired) electrons. The van der Waals surface area contributed by atoms with Gasteiger partial charge in [0.2, 0.25) is 11.8 Å². The molecule has 1 aromatic heterocycles. The number of carbonyl (C=O) groups excluding carboxylic acids is 2. The van der Waals surface area contributed by atoms with Gasteiger partial charge in [0.05, 0.1) is 11.8 Å². The van der Waals surface area contributed by atoms with Crippen LogP contribution < -0.4 is 10.6 Å². The molecule has 1 saturated carbocycles. The van der Waals surface area contributed by atoms with Crippen molar-refractivity contribution in [1.82, 2.24) is 15.5 Å². The average Bonchev–Trinajstić information content (AvgIpc) is 3.43. The summed E-state index contributed by atoms with van der Waals surface area (Å²) in [5.41, 5.74) is 0. The molecule has 2 heterocycles. The first-order chi connectivity index (χ1) is 13.6. The van der Waals surface area contributed by atoms with Crippen LogP contribution in [0.4, 0.5) is 0 Å². The van der Waals surface area contributed by atoms with Crippen LogP contribution in [0.15, 0.2) is 38.4 Å². The number of imide groups is 1. The minimum atomic E-state index is -0.128. The molecule has 1 aromatic rings. The average molecular weight is 449 g/mol. The molecule has 2 fully saturated rings. The summed E-state index contributed by atoms with van der Waals surface area (Å²) in [6.07, 6.45) is 5.89. The molecule has 2 bridgehead atoms. The molecule has 150 valence electrons. The summed E-state index contributed by atoms with van der Waals surface area (Å²) in [5, 5.41) is 6.41. The van der Waals surface area contributed by atoms with Crippen molar-refractivity contribution in [2.24, 2.45) is 28.7 Å². The molecule has 4 atom stereocenters. The molecule has 0 aromatic carbocycles. The fourth-order valence-electron chi connectivity index (χ4n) is 4.58. The first kappa shape index (κ1) is 19.2. The molecule has 4 unspecified atom stereocenters. The van der Waals surface area contributed by atoms with Gasteiger partial charge in [0, 0.05) is 32.6 Å². The summed E-state index contributed by atoms with van der Waals surface area (Å²) in [7, 11) is 0. The Labute approximate surface area is 172 Å². The number of rotatable bonds is 7. The SMILES string of the molecule is CCNC(=NCCc1ccc(Br)o1)NCCN1C(=O)C2C3C=CC(C3)C2C1=O. The van der Waals surface area contributed by atoms with E-state index in [1.54, 1.807) is 0 Å². The predicted molar refractivity (Wildman–Crippen MR) is 109 cm³/mol. The van der Waals surface area contributed by atoms with Gasteiger partial charge in [0.15, 0.2) is 10.6 Å². The smallest absolute Gasteiger partial charge is 0.233 e. The van der Waals surface area contributed by atoms with E-state index in [0.29, 0.717) is 36.7 Å². The lowest BCUT2D eigenvalue weighted by Gasteiger charge is -2.18. The van der Waals surface area contributed by atoms with Crippen molar-refractivity contribution in [1.29, 1.82) is 0 Å². The number of nitrogens with one attached hydrogen (secondary N) is 2. The van der Waals surface area contributed by atoms with E-state index in [1.807, 2.05) is 19.1 Å². The predicted octanol–water partition coefficient (Wildman–Crippen LogP) is 1.95. The van der Waals surface area contributed by atoms with Crippen molar-refractivity contribution in [3.05, 3.63) is 34.7 Å². The summed E-state index contributed by atoms with van der Waals surface area (Å²) in [5.74, 6) is 1.80. The van der Waals surface area contributed by atoms with Gasteiger partial charge in [0.25, 0.3) is 0 Å². The number of fused-ring (bicyclic) bond motifs is 5. The number of amides is 2. The Morgan fingerprint density at radius 2 is 1.93 bits per heavy atom. The van der Waals surface area contributed by atoms with Gasteiger partial charge in [-0.25, -0.2) is 0 Å². The van der Waals surface area contributed by atoms with E-state index < -0.39 is 0 Å². The van der Waals surface area contributed by atoms with Gasteiger partial charge >= 0.3 is 0 Å². The van der Waals surface area contributed by atoms with Crippen molar-refractivity contribution in [3.8, 4) is 0 Å². The number of guanidine groups is 1. The minimum Gasteiger partial charge on any atom is -0.454 e. The highest BCUT2D eigenvalue weighted by Gasteiger charge is 2.58. The minimum absolute atomic E-state index is 0.000939. The topological polar surface area (TPSA) is 86.9 Å². The monoisotopic (exact) mass is 448 g/mol. The molecule has 2 N–H and O–H groups in total. The Hall–Kier alpha value is -2.09. The highest BCUT2D eigenvalue weighted by Crippen LogP contribution is 2.52. The van der Waals surface area contributed by atoms with Crippen molar-refractivity contribution in [3.63, 3.8) is 0 Å². The standard InChI is InChI=1S/C20H25BrN4O3/c1-2-22-20(23-8-7-14-5-6-15(21)28-14)24-9-10-25-18(26)16-12-3-4-13(11-12)17(16)19(25)27/h3-6,12-13,16-17H,2,7-11H2,1H3,(H2,22,23,24). The van der Waals surface area contributed by atoms with Crippen LogP contribution in [0.1, 0.15) is 19.1 Å². The van der Waals surface area contributed by atoms with Gasteiger partial charge in [-0.2, -0.15) is 0 Å². The van der Waals surface area contributed by atoms with E-state index in [9.17, 15) is 9.59 Å². The lowest BCUT2D eigenvalue weighted by molar-refractivity contribution is -0.140. The Kier molecular flexibility index (Phi) is 5.57.